The fourth-order valence-corrected chi connectivity index (χ4v) is 3.92. The molecule has 1 aliphatic carbocycles. The van der Waals surface area contributed by atoms with Gasteiger partial charge in [0.1, 0.15) is 0 Å². The fourth-order valence-electron chi connectivity index (χ4n) is 2.55. The molecule has 0 bridgehead atoms. The van der Waals surface area contributed by atoms with Gasteiger partial charge in [0.25, 0.3) is 0 Å². The lowest BCUT2D eigenvalue weighted by Gasteiger charge is -2.44. The summed E-state index contributed by atoms with van der Waals surface area (Å²) in [5.41, 5.74) is 0.0418. The van der Waals surface area contributed by atoms with Gasteiger partial charge in [-0.1, -0.05) is 30.4 Å². The van der Waals surface area contributed by atoms with Crippen LogP contribution in [0.4, 0.5) is 0 Å². The Balaban J connectivity index is 2.17. The summed E-state index contributed by atoms with van der Waals surface area (Å²) in [6.45, 7) is 7.75. The third-order valence-electron chi connectivity index (χ3n) is 4.05. The zero-order valence-electron chi connectivity index (χ0n) is 11.5. The quantitative estimate of drug-likeness (QED) is 0.834. The van der Waals surface area contributed by atoms with Gasteiger partial charge in [-0.2, -0.15) is 0 Å². The Labute approximate surface area is 119 Å². The van der Waals surface area contributed by atoms with Crippen molar-refractivity contribution in [2.24, 2.45) is 5.92 Å². The van der Waals surface area contributed by atoms with Crippen molar-refractivity contribution in [2.75, 3.05) is 0 Å². The monoisotopic (exact) mass is 278 g/mol. The molecule has 1 aliphatic rings. The first-order valence-electron chi connectivity index (χ1n) is 6.68. The number of aliphatic hydroxyl groups excluding tert-OH is 1. The second-order valence-corrected chi connectivity index (χ2v) is 6.95. The molecule has 0 aliphatic heterocycles. The van der Waals surface area contributed by atoms with Crippen molar-refractivity contribution < 1.29 is 10.2 Å². The smallest absolute Gasteiger partial charge is 0.0999 e. The Hall–Kier alpha value is -0.770. The third kappa shape index (κ3) is 3.22. The number of thioether (sulfide) groups is 1. The molecular weight excluding hydrogens is 256 g/mol. The summed E-state index contributed by atoms with van der Waals surface area (Å²) >= 11 is 1.65. The van der Waals surface area contributed by atoms with E-state index >= 15 is 0 Å². The van der Waals surface area contributed by atoms with Crippen LogP contribution in [0.25, 0.3) is 0 Å². The highest BCUT2D eigenvalue weighted by Crippen LogP contribution is 2.43. The summed E-state index contributed by atoms with van der Waals surface area (Å²) in [6, 6.07) is 10.0. The van der Waals surface area contributed by atoms with E-state index in [4.69, 9.17) is 0 Å². The van der Waals surface area contributed by atoms with Crippen LogP contribution in [-0.4, -0.2) is 27.2 Å². The van der Waals surface area contributed by atoms with Crippen LogP contribution in [0, 0.1) is 5.92 Å². The highest BCUT2D eigenvalue weighted by molar-refractivity contribution is 8.00. The van der Waals surface area contributed by atoms with E-state index in [1.807, 2.05) is 37.3 Å². The van der Waals surface area contributed by atoms with E-state index in [1.165, 1.54) is 0 Å². The molecule has 0 spiro atoms. The maximum absolute atomic E-state index is 10.6. The lowest BCUT2D eigenvalue weighted by molar-refractivity contribution is -0.0902. The maximum atomic E-state index is 10.6. The van der Waals surface area contributed by atoms with Crippen LogP contribution in [0.2, 0.25) is 0 Å². The molecule has 3 heteroatoms. The predicted octanol–water partition coefficient (Wildman–Crippen LogP) is 3.25. The molecule has 0 aromatic heterocycles. The molecule has 2 rings (SSSR count). The summed E-state index contributed by atoms with van der Waals surface area (Å²) < 4.78 is 0. The molecule has 2 N–H and O–H groups in total. The summed E-state index contributed by atoms with van der Waals surface area (Å²) in [7, 11) is 0. The molecule has 1 aromatic carbocycles. The van der Waals surface area contributed by atoms with Crippen LogP contribution in [0.5, 0.6) is 0 Å². The molecule has 4 atom stereocenters. The lowest BCUT2D eigenvalue weighted by atomic mass is 9.75. The van der Waals surface area contributed by atoms with E-state index in [0.29, 0.717) is 6.42 Å². The van der Waals surface area contributed by atoms with Gasteiger partial charge in [-0.05, 0) is 44.7 Å². The van der Waals surface area contributed by atoms with Crippen LogP contribution in [0.1, 0.15) is 26.7 Å². The maximum Gasteiger partial charge on any atom is 0.0999 e. The summed E-state index contributed by atoms with van der Waals surface area (Å²) in [5, 5.41) is 20.7. The van der Waals surface area contributed by atoms with Gasteiger partial charge >= 0.3 is 0 Å². The molecule has 0 unspecified atom stereocenters. The molecule has 0 amide bonds. The van der Waals surface area contributed by atoms with Crippen molar-refractivity contribution in [3.63, 3.8) is 0 Å². The van der Waals surface area contributed by atoms with Crippen molar-refractivity contribution in [2.45, 2.75) is 48.5 Å². The van der Waals surface area contributed by atoms with Crippen LogP contribution >= 0.6 is 11.8 Å². The topological polar surface area (TPSA) is 40.5 Å². The lowest BCUT2D eigenvalue weighted by Crippen LogP contribution is -2.53. The second-order valence-electron chi connectivity index (χ2n) is 5.68. The SMILES string of the molecule is C=C(C)[C@H]1C[C@H](Sc2ccccc2)[C@@](C)(O)[C@@H](O)C1. The average Bonchev–Trinajstić information content (AvgIpc) is 2.36. The van der Waals surface area contributed by atoms with Gasteiger partial charge in [0.2, 0.25) is 0 Å². The fraction of sp³-hybridized carbons (Fsp3) is 0.500. The second kappa shape index (κ2) is 5.70. The molecule has 0 heterocycles. The van der Waals surface area contributed by atoms with Crippen LogP contribution in [0.3, 0.4) is 0 Å². The highest BCUT2D eigenvalue weighted by Gasteiger charge is 2.45. The van der Waals surface area contributed by atoms with E-state index in [-0.39, 0.29) is 11.2 Å². The van der Waals surface area contributed by atoms with Crippen molar-refractivity contribution in [3.8, 4) is 0 Å². The minimum absolute atomic E-state index is 0.0136. The number of rotatable bonds is 3. The first-order chi connectivity index (χ1) is 8.91. The van der Waals surface area contributed by atoms with Crippen molar-refractivity contribution in [1.29, 1.82) is 0 Å². The van der Waals surface area contributed by atoms with Gasteiger partial charge in [0.05, 0.1) is 11.7 Å². The Morgan fingerprint density at radius 2 is 1.95 bits per heavy atom. The van der Waals surface area contributed by atoms with E-state index in [0.717, 1.165) is 16.9 Å². The molecular formula is C16H22O2S. The number of aliphatic hydroxyl groups is 2. The Morgan fingerprint density at radius 3 is 2.53 bits per heavy atom. The van der Waals surface area contributed by atoms with E-state index in [9.17, 15) is 10.2 Å². The number of hydrogen-bond acceptors (Lipinski definition) is 3. The number of hydrogen-bond donors (Lipinski definition) is 2. The number of allylic oxidation sites excluding steroid dienone is 1. The molecule has 1 saturated carbocycles. The average molecular weight is 278 g/mol. The van der Waals surface area contributed by atoms with Crippen LogP contribution < -0.4 is 0 Å². The van der Waals surface area contributed by atoms with Crippen LogP contribution in [0.15, 0.2) is 47.4 Å². The van der Waals surface area contributed by atoms with Gasteiger partial charge < -0.3 is 10.2 Å². The predicted molar refractivity (Wildman–Crippen MR) is 80.3 cm³/mol. The van der Waals surface area contributed by atoms with Gasteiger partial charge in [-0.3, -0.25) is 0 Å². The first kappa shape index (κ1) is 14.6. The summed E-state index contributed by atoms with van der Waals surface area (Å²) in [6.07, 6.45) is 0.775. The molecule has 0 saturated heterocycles. The first-order valence-corrected chi connectivity index (χ1v) is 7.56. The minimum atomic E-state index is -1.05. The number of benzene rings is 1. The van der Waals surface area contributed by atoms with Crippen molar-refractivity contribution in [3.05, 3.63) is 42.5 Å². The normalized spacial score (nSPS) is 35.1. The van der Waals surface area contributed by atoms with Crippen molar-refractivity contribution in [1.82, 2.24) is 0 Å². The van der Waals surface area contributed by atoms with Crippen LogP contribution in [-0.2, 0) is 0 Å². The van der Waals surface area contributed by atoms with E-state index in [1.54, 1.807) is 18.7 Å². The van der Waals surface area contributed by atoms with Gasteiger partial charge in [0.15, 0.2) is 0 Å². The molecule has 1 aromatic rings. The molecule has 0 radical (unpaired) electrons. The molecule has 104 valence electrons. The van der Waals surface area contributed by atoms with Crippen molar-refractivity contribution >= 4 is 11.8 Å². The summed E-state index contributed by atoms with van der Waals surface area (Å²) in [4.78, 5) is 1.13. The summed E-state index contributed by atoms with van der Waals surface area (Å²) in [5.74, 6) is 0.288. The molecule has 19 heavy (non-hydrogen) atoms. The standard InChI is InChI=1S/C16H22O2S/c1-11(2)12-9-14(17)16(3,18)15(10-12)19-13-7-5-4-6-8-13/h4-8,12,14-15,17-18H,1,9-10H2,2-3H3/t12-,14+,15+,16+/m1/s1. The van der Waals surface area contributed by atoms with Gasteiger partial charge in [-0.25, -0.2) is 0 Å². The molecule has 2 nitrogen and oxygen atoms in total. The van der Waals surface area contributed by atoms with E-state index < -0.39 is 11.7 Å². The largest absolute Gasteiger partial charge is 0.390 e. The minimum Gasteiger partial charge on any atom is -0.390 e. The Morgan fingerprint density at radius 1 is 1.32 bits per heavy atom. The Bertz CT molecular complexity index is 441. The zero-order valence-corrected chi connectivity index (χ0v) is 12.4. The van der Waals surface area contributed by atoms with E-state index in [2.05, 4.69) is 6.58 Å². The Kier molecular flexibility index (Phi) is 4.39. The highest BCUT2D eigenvalue weighted by atomic mass is 32.2. The zero-order chi connectivity index (χ0) is 14.0. The third-order valence-corrected chi connectivity index (χ3v) is 5.55. The van der Waals surface area contributed by atoms with Gasteiger partial charge in [-0.15, -0.1) is 11.8 Å². The molecule has 1 fully saturated rings. The van der Waals surface area contributed by atoms with Gasteiger partial charge in [0, 0.05) is 10.1 Å².